The minimum absolute atomic E-state index is 0.118. The first kappa shape index (κ1) is 24.3. The largest absolute Gasteiger partial charge is 0.379 e. The van der Waals surface area contributed by atoms with Gasteiger partial charge in [-0.2, -0.15) is 4.31 Å². The number of hydrogen-bond acceptors (Lipinski definition) is 6. The summed E-state index contributed by atoms with van der Waals surface area (Å²) in [7, 11) is -6.44. The van der Waals surface area contributed by atoms with Crippen LogP contribution in [0.2, 0.25) is 0 Å². The molecule has 12 heteroatoms. The number of nitrogens with zero attached hydrogens (tertiary/aromatic N) is 2. The van der Waals surface area contributed by atoms with Crippen molar-refractivity contribution in [1.29, 1.82) is 0 Å². The van der Waals surface area contributed by atoms with Gasteiger partial charge in [0, 0.05) is 20.1 Å². The molecule has 1 fully saturated rings. The highest BCUT2D eigenvalue weighted by atomic mass is 32.2. The summed E-state index contributed by atoms with van der Waals surface area (Å²) in [6, 6.07) is 8.19. The summed E-state index contributed by atoms with van der Waals surface area (Å²) in [5.74, 6) is -1.62. The third kappa shape index (κ3) is 4.99. The Balaban J connectivity index is 1.91. The molecule has 1 amide bonds. The summed E-state index contributed by atoms with van der Waals surface area (Å²) < 4.78 is 69.9. The minimum Gasteiger partial charge on any atom is -0.379 e. The number of hydrogen-bond donors (Lipinski definition) is 1. The Labute approximate surface area is 186 Å². The Morgan fingerprint density at radius 3 is 2.38 bits per heavy atom. The Morgan fingerprint density at radius 2 is 1.75 bits per heavy atom. The summed E-state index contributed by atoms with van der Waals surface area (Å²) in [6.07, 6.45) is 0. The van der Waals surface area contributed by atoms with E-state index in [2.05, 4.69) is 0 Å². The number of sulfonamides is 2. The van der Waals surface area contributed by atoms with E-state index in [0.29, 0.717) is 5.56 Å². The van der Waals surface area contributed by atoms with Crippen molar-refractivity contribution < 1.29 is 30.8 Å². The summed E-state index contributed by atoms with van der Waals surface area (Å²) in [4.78, 5) is 13.9. The van der Waals surface area contributed by atoms with Gasteiger partial charge in [-0.1, -0.05) is 12.1 Å². The number of amides is 1. The molecule has 0 spiro atoms. The van der Waals surface area contributed by atoms with Crippen LogP contribution in [-0.2, 0) is 24.8 Å². The molecule has 174 valence electrons. The molecule has 1 saturated heterocycles. The fourth-order valence-corrected chi connectivity index (χ4v) is 5.31. The number of benzene rings is 2. The highest BCUT2D eigenvalue weighted by Crippen LogP contribution is 2.26. The molecule has 2 aromatic rings. The Bertz CT molecular complexity index is 1230. The van der Waals surface area contributed by atoms with E-state index in [-0.39, 0.29) is 36.1 Å². The van der Waals surface area contributed by atoms with Crippen LogP contribution in [0.15, 0.2) is 52.3 Å². The van der Waals surface area contributed by atoms with Crippen LogP contribution in [0.1, 0.15) is 28.9 Å². The minimum atomic E-state index is -3.94. The van der Waals surface area contributed by atoms with Gasteiger partial charge in [-0.15, -0.1) is 0 Å². The molecule has 0 aliphatic carbocycles. The van der Waals surface area contributed by atoms with Crippen molar-refractivity contribution in [3.63, 3.8) is 0 Å². The SMILES string of the molecule is CC(c1cccc(S(N)(=O)=O)c1)N(C)C(=O)c1cc(S(=O)(=O)N2CCOCC2)ccc1F. The van der Waals surface area contributed by atoms with E-state index < -0.39 is 43.4 Å². The van der Waals surface area contributed by atoms with Crippen molar-refractivity contribution >= 4 is 26.0 Å². The fourth-order valence-electron chi connectivity index (χ4n) is 3.31. The van der Waals surface area contributed by atoms with Gasteiger partial charge >= 0.3 is 0 Å². The summed E-state index contributed by atoms with van der Waals surface area (Å²) >= 11 is 0. The van der Waals surface area contributed by atoms with E-state index >= 15 is 0 Å². The van der Waals surface area contributed by atoms with E-state index in [9.17, 15) is 26.0 Å². The second kappa shape index (κ2) is 9.24. The van der Waals surface area contributed by atoms with Crippen LogP contribution in [0.3, 0.4) is 0 Å². The first-order chi connectivity index (χ1) is 14.9. The lowest BCUT2D eigenvalue weighted by Crippen LogP contribution is -2.40. The van der Waals surface area contributed by atoms with Gasteiger partial charge in [-0.25, -0.2) is 26.4 Å². The second-order valence-electron chi connectivity index (χ2n) is 7.37. The fraction of sp³-hybridized carbons (Fsp3) is 0.350. The Morgan fingerprint density at radius 1 is 1.09 bits per heavy atom. The van der Waals surface area contributed by atoms with Crippen molar-refractivity contribution in [2.45, 2.75) is 22.8 Å². The van der Waals surface area contributed by atoms with Crippen LogP contribution < -0.4 is 5.14 Å². The Hall–Kier alpha value is -2.38. The summed E-state index contributed by atoms with van der Waals surface area (Å²) in [5.41, 5.74) is 0.0566. The molecule has 32 heavy (non-hydrogen) atoms. The first-order valence-electron chi connectivity index (χ1n) is 9.70. The molecule has 9 nitrogen and oxygen atoms in total. The zero-order chi connectivity index (χ0) is 23.7. The molecule has 1 heterocycles. The average molecular weight is 486 g/mol. The lowest BCUT2D eigenvalue weighted by atomic mass is 10.1. The lowest BCUT2D eigenvalue weighted by Gasteiger charge is -2.27. The quantitative estimate of drug-likeness (QED) is 0.658. The van der Waals surface area contributed by atoms with Gasteiger partial charge < -0.3 is 9.64 Å². The molecule has 1 unspecified atom stereocenters. The molecule has 1 atom stereocenters. The van der Waals surface area contributed by atoms with Gasteiger partial charge in [0.2, 0.25) is 20.0 Å². The van der Waals surface area contributed by atoms with E-state index in [1.165, 1.54) is 34.5 Å². The highest BCUT2D eigenvalue weighted by Gasteiger charge is 2.29. The molecule has 2 N–H and O–H groups in total. The molecule has 0 saturated carbocycles. The third-order valence-electron chi connectivity index (χ3n) is 5.35. The van der Waals surface area contributed by atoms with Gasteiger partial charge in [0.25, 0.3) is 5.91 Å². The van der Waals surface area contributed by atoms with Crippen LogP contribution in [0.25, 0.3) is 0 Å². The van der Waals surface area contributed by atoms with Gasteiger partial charge in [-0.3, -0.25) is 4.79 Å². The summed E-state index contributed by atoms with van der Waals surface area (Å²) in [6.45, 7) is 2.47. The molecule has 0 bridgehead atoms. The smallest absolute Gasteiger partial charge is 0.257 e. The Kier molecular flexibility index (Phi) is 7.00. The van der Waals surface area contributed by atoms with Crippen LogP contribution in [0.5, 0.6) is 0 Å². The third-order valence-corrected chi connectivity index (χ3v) is 8.15. The van der Waals surface area contributed by atoms with E-state index in [0.717, 1.165) is 18.2 Å². The molecular weight excluding hydrogens is 461 g/mol. The van der Waals surface area contributed by atoms with E-state index in [1.54, 1.807) is 13.0 Å². The maximum atomic E-state index is 14.5. The van der Waals surface area contributed by atoms with Gasteiger partial charge in [0.1, 0.15) is 5.82 Å². The van der Waals surface area contributed by atoms with Crippen molar-refractivity contribution in [1.82, 2.24) is 9.21 Å². The van der Waals surface area contributed by atoms with Crippen molar-refractivity contribution in [2.24, 2.45) is 5.14 Å². The molecule has 1 aliphatic rings. The predicted molar refractivity (Wildman–Crippen MR) is 114 cm³/mol. The molecule has 1 aliphatic heterocycles. The number of ether oxygens (including phenoxy) is 1. The zero-order valence-corrected chi connectivity index (χ0v) is 19.2. The number of carbonyl (C=O) groups excluding carboxylic acids is 1. The van der Waals surface area contributed by atoms with E-state index in [4.69, 9.17) is 9.88 Å². The number of rotatable bonds is 6. The monoisotopic (exact) mass is 485 g/mol. The van der Waals surface area contributed by atoms with Gasteiger partial charge in [-0.05, 0) is 42.8 Å². The average Bonchev–Trinajstić information content (AvgIpc) is 2.78. The first-order valence-corrected chi connectivity index (χ1v) is 12.7. The van der Waals surface area contributed by atoms with Crippen LogP contribution in [0.4, 0.5) is 4.39 Å². The van der Waals surface area contributed by atoms with Crippen molar-refractivity contribution in [3.05, 3.63) is 59.4 Å². The number of morpholine rings is 1. The van der Waals surface area contributed by atoms with Gasteiger partial charge in [0.05, 0.1) is 34.6 Å². The maximum absolute atomic E-state index is 14.5. The summed E-state index contributed by atoms with van der Waals surface area (Å²) in [5, 5.41) is 5.16. The van der Waals surface area contributed by atoms with Crippen LogP contribution in [-0.4, -0.2) is 65.3 Å². The molecule has 2 aromatic carbocycles. The molecule has 0 radical (unpaired) electrons. The van der Waals surface area contributed by atoms with Crippen LogP contribution >= 0.6 is 0 Å². The number of primary sulfonamides is 1. The van der Waals surface area contributed by atoms with Gasteiger partial charge in [0.15, 0.2) is 0 Å². The number of halogens is 1. The molecular formula is C20H24FN3O6S2. The molecule has 3 rings (SSSR count). The normalized spacial score (nSPS) is 16.5. The number of nitrogens with two attached hydrogens (primary N) is 1. The highest BCUT2D eigenvalue weighted by molar-refractivity contribution is 7.89. The number of carbonyl (C=O) groups is 1. The van der Waals surface area contributed by atoms with Crippen LogP contribution in [0, 0.1) is 5.82 Å². The van der Waals surface area contributed by atoms with Crippen molar-refractivity contribution in [3.8, 4) is 0 Å². The molecule has 0 aromatic heterocycles. The van der Waals surface area contributed by atoms with E-state index in [1.807, 2.05) is 0 Å². The topological polar surface area (TPSA) is 127 Å². The second-order valence-corrected chi connectivity index (χ2v) is 10.9. The zero-order valence-electron chi connectivity index (χ0n) is 17.6. The van der Waals surface area contributed by atoms with Crippen molar-refractivity contribution in [2.75, 3.05) is 33.4 Å². The predicted octanol–water partition coefficient (Wildman–Crippen LogP) is 1.33. The maximum Gasteiger partial charge on any atom is 0.257 e. The standard InChI is InChI=1S/C20H24FN3O6S2/c1-14(15-4-3-5-16(12-15)31(22,26)27)23(2)20(25)18-13-17(6-7-19(18)21)32(28,29)24-8-10-30-11-9-24/h3-7,12-14H,8-11H2,1-2H3,(H2,22,26,27). The lowest BCUT2D eigenvalue weighted by molar-refractivity contribution is 0.0727.